The van der Waals surface area contributed by atoms with Crippen LogP contribution in [0.1, 0.15) is 11.1 Å². The van der Waals surface area contributed by atoms with Crippen LogP contribution in [0.25, 0.3) is 11.0 Å². The number of aromatic nitrogens is 2. The molecule has 0 bridgehead atoms. The van der Waals surface area contributed by atoms with Gasteiger partial charge in [-0.3, -0.25) is 4.79 Å². The number of carbonyl (C=O) groups is 1. The molecule has 0 fully saturated rings. The molecule has 0 aliphatic rings. The number of hydrogen-bond acceptors (Lipinski definition) is 4. The van der Waals surface area contributed by atoms with Gasteiger partial charge in [0.15, 0.2) is 6.61 Å². The largest absolute Gasteiger partial charge is 0.484 e. The Morgan fingerprint density at radius 3 is 2.53 bits per heavy atom. The Bertz CT molecular complexity index is 1230. The molecule has 4 N–H and O–H groups in total. The molecule has 0 unspecified atom stereocenters. The van der Waals surface area contributed by atoms with Gasteiger partial charge >= 0.3 is 5.69 Å². The molecular formula is C23H22N4O3. The van der Waals surface area contributed by atoms with Gasteiger partial charge in [-0.05, 0) is 55.0 Å². The van der Waals surface area contributed by atoms with Crippen LogP contribution in [0, 0.1) is 6.92 Å². The van der Waals surface area contributed by atoms with Crippen molar-refractivity contribution in [3.05, 3.63) is 88.3 Å². The Labute approximate surface area is 173 Å². The van der Waals surface area contributed by atoms with Gasteiger partial charge < -0.3 is 25.3 Å². The summed E-state index contributed by atoms with van der Waals surface area (Å²) < 4.78 is 5.63. The second kappa shape index (κ2) is 8.57. The Kier molecular flexibility index (Phi) is 5.52. The number of fused-ring (bicyclic) bond motifs is 1. The first-order valence-corrected chi connectivity index (χ1v) is 9.59. The Morgan fingerprint density at radius 2 is 1.70 bits per heavy atom. The number of rotatable bonds is 7. The summed E-state index contributed by atoms with van der Waals surface area (Å²) in [6.07, 6.45) is 0. The first kappa shape index (κ1) is 19.3. The molecule has 4 rings (SSSR count). The molecule has 0 atom stereocenters. The molecule has 152 valence electrons. The predicted octanol–water partition coefficient (Wildman–Crippen LogP) is 3.79. The van der Waals surface area contributed by atoms with Crippen LogP contribution in [-0.2, 0) is 11.3 Å². The molecule has 1 heterocycles. The van der Waals surface area contributed by atoms with Crippen LogP contribution in [0.3, 0.4) is 0 Å². The lowest BCUT2D eigenvalue weighted by Crippen LogP contribution is -2.20. The molecular weight excluding hydrogens is 380 g/mol. The van der Waals surface area contributed by atoms with Crippen molar-refractivity contribution >= 4 is 28.3 Å². The van der Waals surface area contributed by atoms with E-state index in [9.17, 15) is 9.59 Å². The van der Waals surface area contributed by atoms with Crippen LogP contribution >= 0.6 is 0 Å². The lowest BCUT2D eigenvalue weighted by atomic mass is 10.2. The van der Waals surface area contributed by atoms with Gasteiger partial charge in [-0.25, -0.2) is 4.79 Å². The van der Waals surface area contributed by atoms with Crippen LogP contribution in [-0.4, -0.2) is 22.5 Å². The number of hydrogen-bond donors (Lipinski definition) is 4. The van der Waals surface area contributed by atoms with Crippen LogP contribution < -0.4 is 21.1 Å². The highest BCUT2D eigenvalue weighted by Crippen LogP contribution is 2.18. The van der Waals surface area contributed by atoms with Crippen molar-refractivity contribution in [2.75, 3.05) is 17.2 Å². The first-order valence-electron chi connectivity index (χ1n) is 9.59. The minimum absolute atomic E-state index is 0.0672. The smallest absolute Gasteiger partial charge is 0.323 e. The second-order valence-corrected chi connectivity index (χ2v) is 7.04. The summed E-state index contributed by atoms with van der Waals surface area (Å²) in [4.78, 5) is 28.9. The molecule has 0 spiro atoms. The fourth-order valence-electron chi connectivity index (χ4n) is 3.07. The number of H-pyrrole nitrogens is 2. The predicted molar refractivity (Wildman–Crippen MR) is 118 cm³/mol. The maximum atomic E-state index is 12.1. The van der Waals surface area contributed by atoms with Crippen molar-refractivity contribution < 1.29 is 9.53 Å². The SMILES string of the molecule is Cc1ccc(NC(=O)COc2cccc(CNc3ccc4[nH]c(=O)[nH]c4c3)c2)cc1. The second-order valence-electron chi connectivity index (χ2n) is 7.04. The number of carbonyl (C=O) groups excluding carboxylic acids is 1. The lowest BCUT2D eigenvalue weighted by molar-refractivity contribution is -0.118. The Hall–Kier alpha value is -4.00. The summed E-state index contributed by atoms with van der Waals surface area (Å²) in [5, 5.41) is 6.13. The fraction of sp³-hybridized carbons (Fsp3) is 0.130. The van der Waals surface area contributed by atoms with Crippen LogP contribution in [0.2, 0.25) is 0 Å². The summed E-state index contributed by atoms with van der Waals surface area (Å²) >= 11 is 0. The minimum Gasteiger partial charge on any atom is -0.484 e. The molecule has 0 saturated heterocycles. The Morgan fingerprint density at radius 1 is 0.933 bits per heavy atom. The van der Waals surface area contributed by atoms with E-state index in [0.717, 1.165) is 33.5 Å². The summed E-state index contributed by atoms with van der Waals surface area (Å²) in [5.41, 5.74) is 5.07. The maximum absolute atomic E-state index is 12.1. The third kappa shape index (κ3) is 4.88. The number of benzene rings is 3. The summed E-state index contributed by atoms with van der Waals surface area (Å²) in [6, 6.07) is 20.8. The molecule has 30 heavy (non-hydrogen) atoms. The van der Waals surface area contributed by atoms with E-state index in [1.54, 1.807) is 0 Å². The summed E-state index contributed by atoms with van der Waals surface area (Å²) in [6.45, 7) is 2.51. The van der Waals surface area contributed by atoms with Crippen molar-refractivity contribution in [3.63, 3.8) is 0 Å². The lowest BCUT2D eigenvalue weighted by Gasteiger charge is -2.10. The van der Waals surface area contributed by atoms with E-state index in [2.05, 4.69) is 20.6 Å². The highest BCUT2D eigenvalue weighted by molar-refractivity contribution is 5.91. The zero-order chi connectivity index (χ0) is 20.9. The van der Waals surface area contributed by atoms with Crippen LogP contribution in [0.5, 0.6) is 5.75 Å². The summed E-state index contributed by atoms with van der Waals surface area (Å²) in [7, 11) is 0. The van der Waals surface area contributed by atoms with Crippen LogP contribution in [0.4, 0.5) is 11.4 Å². The molecule has 3 aromatic carbocycles. The normalized spacial score (nSPS) is 10.7. The molecule has 0 aliphatic heterocycles. The van der Waals surface area contributed by atoms with E-state index in [1.165, 1.54) is 0 Å². The third-order valence-corrected chi connectivity index (χ3v) is 4.62. The van der Waals surface area contributed by atoms with Gasteiger partial charge in [0.1, 0.15) is 5.75 Å². The fourth-order valence-corrected chi connectivity index (χ4v) is 3.07. The van der Waals surface area contributed by atoms with Gasteiger partial charge in [0, 0.05) is 17.9 Å². The molecule has 1 amide bonds. The minimum atomic E-state index is -0.224. The quantitative estimate of drug-likeness (QED) is 0.378. The molecule has 7 nitrogen and oxygen atoms in total. The van der Waals surface area contributed by atoms with Crippen molar-refractivity contribution in [3.8, 4) is 5.75 Å². The average molecular weight is 402 g/mol. The number of aryl methyl sites for hydroxylation is 1. The first-order chi connectivity index (χ1) is 14.5. The van der Waals surface area contributed by atoms with Gasteiger partial charge in [0.2, 0.25) is 0 Å². The number of nitrogens with one attached hydrogen (secondary N) is 4. The number of amides is 1. The van der Waals surface area contributed by atoms with E-state index < -0.39 is 0 Å². The number of aromatic amines is 2. The van der Waals surface area contributed by atoms with Gasteiger partial charge in [-0.2, -0.15) is 0 Å². The van der Waals surface area contributed by atoms with Crippen molar-refractivity contribution in [2.24, 2.45) is 0 Å². The van der Waals surface area contributed by atoms with Gasteiger partial charge in [-0.15, -0.1) is 0 Å². The summed E-state index contributed by atoms with van der Waals surface area (Å²) in [5.74, 6) is 0.412. The standard InChI is InChI=1S/C23H22N4O3/c1-15-5-7-17(8-6-15)25-22(28)14-30-19-4-2-3-16(11-19)13-24-18-9-10-20-21(12-18)27-23(29)26-20/h2-12,24H,13-14H2,1H3,(H,25,28)(H2,26,27,29). The number of ether oxygens (including phenoxy) is 1. The van der Waals surface area contributed by atoms with E-state index in [-0.39, 0.29) is 18.2 Å². The van der Waals surface area contributed by atoms with Gasteiger partial charge in [0.05, 0.1) is 11.0 Å². The van der Waals surface area contributed by atoms with Gasteiger partial charge in [-0.1, -0.05) is 29.8 Å². The highest BCUT2D eigenvalue weighted by Gasteiger charge is 2.05. The van der Waals surface area contributed by atoms with Crippen LogP contribution in [0.15, 0.2) is 71.5 Å². The maximum Gasteiger partial charge on any atom is 0.323 e. The van der Waals surface area contributed by atoms with E-state index in [0.29, 0.717) is 12.3 Å². The van der Waals surface area contributed by atoms with Crippen molar-refractivity contribution in [1.82, 2.24) is 9.97 Å². The molecule has 4 aromatic rings. The Balaban J connectivity index is 1.32. The monoisotopic (exact) mass is 402 g/mol. The molecule has 0 radical (unpaired) electrons. The third-order valence-electron chi connectivity index (χ3n) is 4.62. The van der Waals surface area contributed by atoms with E-state index >= 15 is 0 Å². The number of anilines is 2. The topological polar surface area (TPSA) is 99.0 Å². The molecule has 0 aliphatic carbocycles. The molecule has 7 heteroatoms. The average Bonchev–Trinajstić information content (AvgIpc) is 3.12. The van der Waals surface area contributed by atoms with Crippen molar-refractivity contribution in [2.45, 2.75) is 13.5 Å². The highest BCUT2D eigenvalue weighted by atomic mass is 16.5. The zero-order valence-corrected chi connectivity index (χ0v) is 16.5. The van der Waals surface area contributed by atoms with E-state index in [4.69, 9.17) is 4.74 Å². The van der Waals surface area contributed by atoms with Crippen molar-refractivity contribution in [1.29, 1.82) is 0 Å². The molecule has 1 aromatic heterocycles. The zero-order valence-electron chi connectivity index (χ0n) is 16.5. The number of imidazole rings is 1. The van der Waals surface area contributed by atoms with E-state index in [1.807, 2.05) is 73.7 Å². The molecule has 0 saturated carbocycles. The van der Waals surface area contributed by atoms with Gasteiger partial charge in [0.25, 0.3) is 5.91 Å².